The van der Waals surface area contributed by atoms with E-state index in [-0.39, 0.29) is 5.56 Å². The molecule has 0 spiro atoms. The number of nitrogens with zero attached hydrogens (tertiary/aromatic N) is 1. The number of rotatable bonds is 1. The lowest BCUT2D eigenvalue weighted by Crippen LogP contribution is -2.11. The van der Waals surface area contributed by atoms with E-state index in [2.05, 4.69) is 10.2 Å². The topological polar surface area (TPSA) is 28.7 Å². The summed E-state index contributed by atoms with van der Waals surface area (Å²) >= 11 is 0. The second-order valence-corrected chi connectivity index (χ2v) is 3.08. The Bertz CT molecular complexity index is 444. The minimum atomic E-state index is -4.16. The van der Waals surface area contributed by atoms with Crippen LogP contribution in [0.3, 0.4) is 0 Å². The fourth-order valence-electron chi connectivity index (χ4n) is 1.33. The Morgan fingerprint density at radius 1 is 1.29 bits per heavy atom. The van der Waals surface area contributed by atoms with Crippen molar-refractivity contribution < 1.29 is 13.2 Å². The van der Waals surface area contributed by atoms with E-state index in [0.29, 0.717) is 5.39 Å². The van der Waals surface area contributed by atoms with Crippen molar-refractivity contribution >= 4 is 10.9 Å². The van der Waals surface area contributed by atoms with Crippen LogP contribution >= 0.6 is 0 Å². The van der Waals surface area contributed by atoms with E-state index in [0.717, 1.165) is 5.52 Å². The van der Waals surface area contributed by atoms with Crippen molar-refractivity contribution in [1.82, 2.24) is 10.2 Å². The Kier molecular flexibility index (Phi) is 1.94. The zero-order valence-corrected chi connectivity index (χ0v) is 7.10. The monoisotopic (exact) mass is 200 g/mol. The second kappa shape index (κ2) is 3.01. The van der Waals surface area contributed by atoms with Gasteiger partial charge in [-0.05, 0) is 17.7 Å². The first-order valence-corrected chi connectivity index (χ1v) is 4.03. The highest BCUT2D eigenvalue weighted by molar-refractivity contribution is 5.78. The van der Waals surface area contributed by atoms with Crippen LogP contribution in [0.4, 0.5) is 13.2 Å². The number of benzene rings is 1. The van der Waals surface area contributed by atoms with E-state index >= 15 is 0 Å². The number of fused-ring (bicyclic) bond motifs is 1. The third-order valence-electron chi connectivity index (χ3n) is 1.91. The molecule has 0 saturated heterocycles. The van der Waals surface area contributed by atoms with Gasteiger partial charge >= 0.3 is 6.18 Å². The van der Waals surface area contributed by atoms with Gasteiger partial charge in [-0.15, -0.1) is 0 Å². The van der Waals surface area contributed by atoms with E-state index in [1.165, 1.54) is 18.3 Å². The lowest BCUT2D eigenvalue weighted by molar-refractivity contribution is -0.127. The molecule has 1 aromatic carbocycles. The zero-order valence-electron chi connectivity index (χ0n) is 7.10. The van der Waals surface area contributed by atoms with Crippen molar-refractivity contribution in [2.75, 3.05) is 0 Å². The van der Waals surface area contributed by atoms with Gasteiger partial charge in [-0.3, -0.25) is 5.10 Å². The predicted octanol–water partition coefficient (Wildman–Crippen LogP) is 2.67. The molecule has 0 radical (unpaired) electrons. The van der Waals surface area contributed by atoms with Crippen molar-refractivity contribution in [1.29, 1.82) is 0 Å². The minimum Gasteiger partial charge on any atom is -0.278 e. The van der Waals surface area contributed by atoms with Crippen molar-refractivity contribution in [2.45, 2.75) is 12.6 Å². The summed E-state index contributed by atoms with van der Waals surface area (Å²) in [5, 5.41) is 7.11. The number of hydrogen-bond acceptors (Lipinski definition) is 1. The minimum absolute atomic E-state index is 0.256. The molecule has 5 heteroatoms. The number of hydrogen-bond donors (Lipinski definition) is 1. The van der Waals surface area contributed by atoms with Crippen LogP contribution in [0.1, 0.15) is 5.56 Å². The maximum Gasteiger partial charge on any atom is 0.393 e. The molecular formula is C9H7F3N2. The standard InChI is InChI=1S/C9H7F3N2/c10-9(11,12)4-6-1-2-8-7(3-6)5-13-14-8/h1-3,5H,4H2,(H,13,14). The summed E-state index contributed by atoms with van der Waals surface area (Å²) in [6.07, 6.45) is -3.54. The molecule has 2 nitrogen and oxygen atoms in total. The van der Waals surface area contributed by atoms with Crippen LogP contribution in [0, 0.1) is 0 Å². The maximum atomic E-state index is 12.0. The molecule has 2 rings (SSSR count). The van der Waals surface area contributed by atoms with Crippen molar-refractivity contribution in [3.63, 3.8) is 0 Å². The molecule has 1 aromatic heterocycles. The Balaban J connectivity index is 2.35. The van der Waals surface area contributed by atoms with Gasteiger partial charge in [-0.2, -0.15) is 18.3 Å². The molecule has 0 aliphatic rings. The summed E-state index contributed by atoms with van der Waals surface area (Å²) in [7, 11) is 0. The normalized spacial score (nSPS) is 12.2. The maximum absolute atomic E-state index is 12.0. The van der Waals surface area contributed by atoms with Gasteiger partial charge in [0, 0.05) is 5.39 Å². The van der Waals surface area contributed by atoms with E-state index in [1.807, 2.05) is 0 Å². The summed E-state index contributed by atoms with van der Waals surface area (Å²) in [6.45, 7) is 0. The summed E-state index contributed by atoms with van der Waals surface area (Å²) in [5.41, 5.74) is 1.00. The first kappa shape index (κ1) is 9.05. The molecule has 0 saturated carbocycles. The highest BCUT2D eigenvalue weighted by Crippen LogP contribution is 2.23. The molecule has 1 heterocycles. The molecule has 74 valence electrons. The summed E-state index contributed by atoms with van der Waals surface area (Å²) in [6, 6.07) is 4.55. The molecule has 0 aliphatic carbocycles. The number of alkyl halides is 3. The first-order chi connectivity index (χ1) is 6.54. The fourth-order valence-corrected chi connectivity index (χ4v) is 1.33. The van der Waals surface area contributed by atoms with Crippen LogP contribution in [0.2, 0.25) is 0 Å². The highest BCUT2D eigenvalue weighted by atomic mass is 19.4. The lowest BCUT2D eigenvalue weighted by atomic mass is 10.1. The molecule has 0 bridgehead atoms. The van der Waals surface area contributed by atoms with Crippen LogP contribution in [0.15, 0.2) is 24.4 Å². The molecule has 14 heavy (non-hydrogen) atoms. The largest absolute Gasteiger partial charge is 0.393 e. The molecule has 2 aromatic rings. The number of nitrogens with one attached hydrogen (secondary N) is 1. The van der Waals surface area contributed by atoms with Gasteiger partial charge in [0.15, 0.2) is 0 Å². The Labute approximate surface area is 77.7 Å². The molecule has 0 fully saturated rings. The smallest absolute Gasteiger partial charge is 0.278 e. The number of aromatic amines is 1. The zero-order chi connectivity index (χ0) is 10.2. The average Bonchev–Trinajstić information content (AvgIpc) is 2.47. The van der Waals surface area contributed by atoms with Crippen LogP contribution in [-0.2, 0) is 6.42 Å². The summed E-state index contributed by atoms with van der Waals surface area (Å²) < 4.78 is 36.1. The second-order valence-electron chi connectivity index (χ2n) is 3.08. The lowest BCUT2D eigenvalue weighted by Gasteiger charge is -2.05. The van der Waals surface area contributed by atoms with Gasteiger partial charge in [0.1, 0.15) is 0 Å². The third-order valence-corrected chi connectivity index (χ3v) is 1.91. The molecule has 1 N–H and O–H groups in total. The van der Waals surface area contributed by atoms with Crippen LogP contribution in [0.25, 0.3) is 10.9 Å². The van der Waals surface area contributed by atoms with Crippen LogP contribution < -0.4 is 0 Å². The fraction of sp³-hybridized carbons (Fsp3) is 0.222. The van der Waals surface area contributed by atoms with Gasteiger partial charge in [-0.1, -0.05) is 6.07 Å². The van der Waals surface area contributed by atoms with Gasteiger partial charge in [0.25, 0.3) is 0 Å². The highest BCUT2D eigenvalue weighted by Gasteiger charge is 2.27. The quantitative estimate of drug-likeness (QED) is 0.753. The van der Waals surface area contributed by atoms with E-state index in [9.17, 15) is 13.2 Å². The van der Waals surface area contributed by atoms with E-state index < -0.39 is 12.6 Å². The van der Waals surface area contributed by atoms with Crippen molar-refractivity contribution in [3.8, 4) is 0 Å². The van der Waals surface area contributed by atoms with Crippen LogP contribution in [0.5, 0.6) is 0 Å². The van der Waals surface area contributed by atoms with Gasteiger partial charge in [0.05, 0.1) is 18.1 Å². The van der Waals surface area contributed by atoms with Crippen molar-refractivity contribution in [2.24, 2.45) is 0 Å². The SMILES string of the molecule is FC(F)(F)Cc1ccc2[nH]ncc2c1. The molecule has 0 amide bonds. The Morgan fingerprint density at radius 3 is 2.79 bits per heavy atom. The van der Waals surface area contributed by atoms with Gasteiger partial charge in [-0.25, -0.2) is 0 Å². The van der Waals surface area contributed by atoms with Crippen molar-refractivity contribution in [3.05, 3.63) is 30.0 Å². The predicted molar refractivity (Wildman–Crippen MR) is 45.9 cm³/mol. The number of H-pyrrole nitrogens is 1. The Morgan fingerprint density at radius 2 is 2.07 bits per heavy atom. The molecule has 0 aliphatic heterocycles. The average molecular weight is 200 g/mol. The van der Waals surface area contributed by atoms with E-state index in [4.69, 9.17) is 0 Å². The van der Waals surface area contributed by atoms with Crippen LogP contribution in [-0.4, -0.2) is 16.4 Å². The summed E-state index contributed by atoms with van der Waals surface area (Å²) in [5.74, 6) is 0. The van der Waals surface area contributed by atoms with E-state index in [1.54, 1.807) is 6.07 Å². The number of halogens is 3. The third kappa shape index (κ3) is 1.86. The summed E-state index contributed by atoms with van der Waals surface area (Å²) in [4.78, 5) is 0. The van der Waals surface area contributed by atoms with Gasteiger partial charge in [0.2, 0.25) is 0 Å². The first-order valence-electron chi connectivity index (χ1n) is 4.03. The Hall–Kier alpha value is -1.52. The number of aromatic nitrogens is 2. The molecule has 0 atom stereocenters. The van der Waals surface area contributed by atoms with Gasteiger partial charge < -0.3 is 0 Å². The molecular weight excluding hydrogens is 193 g/mol. The molecule has 0 unspecified atom stereocenters.